The molecule has 0 spiro atoms. The number of ether oxygens (including phenoxy) is 1. The Morgan fingerprint density at radius 2 is 1.77 bits per heavy atom. The van der Waals surface area contributed by atoms with Gasteiger partial charge in [-0.15, -0.1) is 0 Å². The highest BCUT2D eigenvalue weighted by molar-refractivity contribution is 6.30. The van der Waals surface area contributed by atoms with Crippen molar-refractivity contribution in [1.82, 2.24) is 9.55 Å². The lowest BCUT2D eigenvalue weighted by Crippen LogP contribution is -2.34. The molecule has 2 fully saturated rings. The number of rotatable bonds is 8. The largest absolute Gasteiger partial charge is 0.478 e. The first-order valence-electron chi connectivity index (χ1n) is 13.6. The van der Waals surface area contributed by atoms with Gasteiger partial charge >= 0.3 is 5.97 Å². The number of nitrogens with one attached hydrogen (secondary N) is 1. The van der Waals surface area contributed by atoms with Crippen LogP contribution < -0.4 is 10.1 Å². The molecule has 6 rings (SSSR count). The molecule has 40 heavy (non-hydrogen) atoms. The molecule has 7 nitrogen and oxygen atoms in total. The number of imidazole rings is 1. The van der Waals surface area contributed by atoms with Crippen LogP contribution in [-0.2, 0) is 9.59 Å². The minimum absolute atomic E-state index is 0.01000. The summed E-state index contributed by atoms with van der Waals surface area (Å²) in [6.45, 7) is 0. The average Bonchev–Trinajstić information content (AvgIpc) is 3.65. The van der Waals surface area contributed by atoms with Gasteiger partial charge in [0.2, 0.25) is 11.5 Å². The van der Waals surface area contributed by atoms with Crippen molar-refractivity contribution < 1.29 is 23.8 Å². The number of nitrogens with zero attached hydrogens (tertiary/aromatic N) is 2. The summed E-state index contributed by atoms with van der Waals surface area (Å²) in [5, 5.41) is 12.8. The third kappa shape index (κ3) is 5.04. The number of carbonyl (C=O) groups excluding carboxylic acids is 1. The maximum absolute atomic E-state index is 15.2. The van der Waals surface area contributed by atoms with Crippen LogP contribution in [-0.4, -0.2) is 32.1 Å². The Bertz CT molecular complexity index is 1580. The van der Waals surface area contributed by atoms with Gasteiger partial charge in [-0.25, -0.2) is 14.2 Å². The van der Waals surface area contributed by atoms with Crippen molar-refractivity contribution in [2.45, 2.75) is 56.6 Å². The molecule has 0 saturated heterocycles. The van der Waals surface area contributed by atoms with Gasteiger partial charge in [-0.1, -0.05) is 43.0 Å². The normalized spacial score (nSPS) is 17.4. The van der Waals surface area contributed by atoms with Crippen molar-refractivity contribution in [1.29, 1.82) is 0 Å². The zero-order valence-electron chi connectivity index (χ0n) is 21.8. The van der Waals surface area contributed by atoms with Crippen LogP contribution in [0.3, 0.4) is 0 Å². The minimum Gasteiger partial charge on any atom is -0.478 e. The molecule has 1 heterocycles. The van der Waals surface area contributed by atoms with Gasteiger partial charge in [0.25, 0.3) is 0 Å². The number of para-hydroxylation sites is 2. The van der Waals surface area contributed by atoms with Crippen molar-refractivity contribution in [3.63, 3.8) is 0 Å². The van der Waals surface area contributed by atoms with Gasteiger partial charge in [-0.3, -0.25) is 4.79 Å². The molecule has 1 amide bonds. The van der Waals surface area contributed by atoms with Crippen molar-refractivity contribution in [3.8, 4) is 17.1 Å². The van der Waals surface area contributed by atoms with Gasteiger partial charge in [0.1, 0.15) is 23.4 Å². The lowest BCUT2D eigenvalue weighted by molar-refractivity contribution is -0.147. The van der Waals surface area contributed by atoms with Crippen molar-refractivity contribution >= 4 is 40.2 Å². The minimum atomic E-state index is -1.29. The smallest absolute Gasteiger partial charge is 0.348 e. The Morgan fingerprint density at radius 3 is 2.45 bits per heavy atom. The Labute approximate surface area is 235 Å². The molecular weight excluding hydrogens is 533 g/mol. The van der Waals surface area contributed by atoms with E-state index in [1.165, 1.54) is 12.1 Å². The third-order valence-electron chi connectivity index (χ3n) is 7.95. The Kier molecular flexibility index (Phi) is 6.96. The third-order valence-corrected chi connectivity index (χ3v) is 8.20. The second-order valence-corrected chi connectivity index (χ2v) is 11.1. The molecule has 9 heteroatoms. The van der Waals surface area contributed by atoms with Crippen LogP contribution in [0.2, 0.25) is 5.02 Å². The zero-order valence-corrected chi connectivity index (χ0v) is 22.5. The topological polar surface area (TPSA) is 93.5 Å². The van der Waals surface area contributed by atoms with Gasteiger partial charge in [-0.05, 0) is 67.3 Å². The summed E-state index contributed by atoms with van der Waals surface area (Å²) >= 11 is 6.16. The van der Waals surface area contributed by atoms with Crippen LogP contribution in [0.1, 0.15) is 51.0 Å². The van der Waals surface area contributed by atoms with Crippen LogP contribution >= 0.6 is 11.6 Å². The molecule has 3 aromatic carbocycles. The summed E-state index contributed by atoms with van der Waals surface area (Å²) in [7, 11) is 0. The van der Waals surface area contributed by atoms with Crippen LogP contribution in [0.4, 0.5) is 10.1 Å². The highest BCUT2D eigenvalue weighted by Crippen LogP contribution is 2.42. The molecule has 1 unspecified atom stereocenters. The number of hydrogen-bond donors (Lipinski definition) is 2. The second-order valence-electron chi connectivity index (χ2n) is 10.7. The van der Waals surface area contributed by atoms with Crippen molar-refractivity contribution in [2.24, 2.45) is 5.92 Å². The number of fused-ring (bicyclic) bond motifs is 1. The fourth-order valence-corrected chi connectivity index (χ4v) is 5.81. The van der Waals surface area contributed by atoms with E-state index >= 15 is 4.39 Å². The summed E-state index contributed by atoms with van der Waals surface area (Å²) in [5.74, 6) is -1.29. The van der Waals surface area contributed by atoms with Gasteiger partial charge < -0.3 is 19.7 Å². The van der Waals surface area contributed by atoms with Gasteiger partial charge in [0.15, 0.2) is 0 Å². The number of carboxylic acids is 1. The van der Waals surface area contributed by atoms with E-state index in [0.29, 0.717) is 23.7 Å². The van der Waals surface area contributed by atoms with Crippen LogP contribution in [0, 0.1) is 11.7 Å². The van der Waals surface area contributed by atoms with Crippen LogP contribution in [0.5, 0.6) is 5.75 Å². The number of hydrogen-bond acceptors (Lipinski definition) is 4. The SMILES string of the molecule is O=C(Nc1ccc(OC2(C(=O)O)CC2)cc1F)C(C1CCCCC1)n1c(-c2ccc(Cl)cc2)nc2ccccc21. The van der Waals surface area contributed by atoms with Gasteiger partial charge in [-0.2, -0.15) is 0 Å². The number of aliphatic carboxylic acids is 1. The molecule has 2 aliphatic rings. The van der Waals surface area contributed by atoms with Gasteiger partial charge in [0.05, 0.1) is 16.7 Å². The predicted octanol–water partition coefficient (Wildman–Crippen LogP) is 7.25. The maximum atomic E-state index is 15.2. The summed E-state index contributed by atoms with van der Waals surface area (Å²) in [4.78, 5) is 30.5. The van der Waals surface area contributed by atoms with Crippen LogP contribution in [0.25, 0.3) is 22.4 Å². The number of carbonyl (C=O) groups is 2. The van der Waals surface area contributed by atoms with E-state index in [0.717, 1.165) is 54.8 Å². The van der Waals surface area contributed by atoms with E-state index in [-0.39, 0.29) is 23.3 Å². The zero-order chi connectivity index (χ0) is 27.9. The lowest BCUT2D eigenvalue weighted by Gasteiger charge is -2.32. The first-order valence-corrected chi connectivity index (χ1v) is 14.0. The molecule has 2 saturated carbocycles. The summed E-state index contributed by atoms with van der Waals surface area (Å²) in [6, 6.07) is 18.5. The Balaban J connectivity index is 1.37. The summed E-state index contributed by atoms with van der Waals surface area (Å²) in [6.07, 6.45) is 5.65. The molecule has 0 aliphatic heterocycles. The Morgan fingerprint density at radius 1 is 1.05 bits per heavy atom. The monoisotopic (exact) mass is 561 g/mol. The molecule has 2 aliphatic carbocycles. The van der Waals surface area contributed by atoms with E-state index in [1.54, 1.807) is 12.1 Å². The molecule has 1 aromatic heterocycles. The Hall–Kier alpha value is -3.91. The standard InChI is InChI=1S/C31H29ClFN3O4/c32-21-12-10-20(11-13-21)28-34-25-8-4-5-9-26(25)36(28)27(19-6-2-1-3-7-19)29(37)35-24-15-14-22(18-23(24)33)40-31(16-17-31)30(38)39/h4-5,8-15,18-19,27H,1-3,6-7,16-17H2,(H,35,37)(H,38,39). The second kappa shape index (κ2) is 10.6. The molecular formula is C31H29ClFN3O4. The van der Waals surface area contributed by atoms with E-state index in [4.69, 9.17) is 21.3 Å². The fraction of sp³-hybridized carbons (Fsp3) is 0.323. The first kappa shape index (κ1) is 26.3. The number of halogens is 2. The molecule has 4 aromatic rings. The van der Waals surface area contributed by atoms with E-state index < -0.39 is 23.4 Å². The average molecular weight is 562 g/mol. The highest BCUT2D eigenvalue weighted by Gasteiger charge is 2.53. The first-order chi connectivity index (χ1) is 19.3. The lowest BCUT2D eigenvalue weighted by atomic mass is 9.83. The van der Waals surface area contributed by atoms with E-state index in [9.17, 15) is 14.7 Å². The van der Waals surface area contributed by atoms with Crippen molar-refractivity contribution in [2.75, 3.05) is 5.32 Å². The fourth-order valence-electron chi connectivity index (χ4n) is 5.69. The molecule has 1 atom stereocenters. The van der Waals surface area contributed by atoms with Crippen molar-refractivity contribution in [3.05, 3.63) is 77.6 Å². The number of anilines is 1. The van der Waals surface area contributed by atoms with Gasteiger partial charge in [0, 0.05) is 29.5 Å². The number of benzene rings is 3. The number of carboxylic acid groups (broad SMARTS) is 1. The highest BCUT2D eigenvalue weighted by atomic mass is 35.5. The van der Waals surface area contributed by atoms with Crippen LogP contribution in [0.15, 0.2) is 66.7 Å². The summed E-state index contributed by atoms with van der Waals surface area (Å²) < 4.78 is 22.8. The number of aromatic nitrogens is 2. The molecule has 0 bridgehead atoms. The predicted molar refractivity (Wildman–Crippen MR) is 151 cm³/mol. The quantitative estimate of drug-likeness (QED) is 0.236. The summed E-state index contributed by atoms with van der Waals surface area (Å²) in [5.41, 5.74) is 1.14. The number of amides is 1. The molecule has 2 N–H and O–H groups in total. The molecule has 206 valence electrons. The van der Waals surface area contributed by atoms with E-state index in [1.807, 2.05) is 41.0 Å². The molecule has 0 radical (unpaired) electrons. The van der Waals surface area contributed by atoms with E-state index in [2.05, 4.69) is 5.32 Å². The maximum Gasteiger partial charge on any atom is 0.348 e.